The minimum absolute atomic E-state index is 0.340. The first-order valence-corrected chi connectivity index (χ1v) is 6.01. The summed E-state index contributed by atoms with van der Waals surface area (Å²) in [5.41, 5.74) is 0.387. The second kappa shape index (κ2) is 7.21. The number of aliphatic carboxylic acids is 1. The number of carboxylic acid groups (broad SMARTS) is 1. The summed E-state index contributed by atoms with van der Waals surface area (Å²) in [5, 5.41) is 11.0. The molecule has 0 spiro atoms. The molecule has 0 radical (unpaired) electrons. The Balaban J connectivity index is 0.000000270. The van der Waals surface area contributed by atoms with Gasteiger partial charge in [-0.05, 0) is 12.1 Å². The highest BCUT2D eigenvalue weighted by atomic mass is 19.4. The van der Waals surface area contributed by atoms with Crippen molar-refractivity contribution in [2.24, 2.45) is 0 Å². The molecule has 1 aromatic rings. The number of piperazine rings is 1. The predicted molar refractivity (Wildman–Crippen MR) is 61.3 cm³/mol. The van der Waals surface area contributed by atoms with Crippen molar-refractivity contribution in [3.63, 3.8) is 0 Å². The minimum Gasteiger partial charge on any atom is -0.542 e. The van der Waals surface area contributed by atoms with Gasteiger partial charge in [0.2, 0.25) is 0 Å². The van der Waals surface area contributed by atoms with Crippen LogP contribution in [0.2, 0.25) is 0 Å². The summed E-state index contributed by atoms with van der Waals surface area (Å²) in [7, 11) is 0. The van der Waals surface area contributed by atoms with Crippen LogP contribution in [0, 0.1) is 11.6 Å². The smallest absolute Gasteiger partial charge is 0.430 e. The molecule has 1 saturated heterocycles. The summed E-state index contributed by atoms with van der Waals surface area (Å²) in [6.07, 6.45) is -5.19. The Kier molecular flexibility index (Phi) is 5.89. The Hall–Kier alpha value is -1.90. The molecular weight excluding hydrogens is 299 g/mol. The van der Waals surface area contributed by atoms with Gasteiger partial charge in [0, 0.05) is 6.07 Å². The van der Waals surface area contributed by atoms with Crippen molar-refractivity contribution in [2.45, 2.75) is 6.18 Å². The molecule has 1 heterocycles. The van der Waals surface area contributed by atoms with E-state index < -0.39 is 12.1 Å². The largest absolute Gasteiger partial charge is 0.542 e. The van der Waals surface area contributed by atoms with Crippen LogP contribution in [0.4, 0.5) is 27.6 Å². The lowest BCUT2D eigenvalue weighted by Gasteiger charge is -2.27. The van der Waals surface area contributed by atoms with E-state index in [2.05, 4.69) is 5.32 Å². The molecule has 0 saturated carbocycles. The number of carboxylic acids is 1. The monoisotopic (exact) mass is 312 g/mol. The van der Waals surface area contributed by atoms with Crippen molar-refractivity contribution in [1.82, 2.24) is 0 Å². The summed E-state index contributed by atoms with van der Waals surface area (Å²) in [6.45, 7) is 3.44. The van der Waals surface area contributed by atoms with Gasteiger partial charge in [-0.1, -0.05) is 0 Å². The topological polar surface area (TPSA) is 60.0 Å². The second-order valence-corrected chi connectivity index (χ2v) is 4.23. The first-order chi connectivity index (χ1) is 9.71. The second-order valence-electron chi connectivity index (χ2n) is 4.23. The third-order valence-electron chi connectivity index (χ3n) is 2.69. The summed E-state index contributed by atoms with van der Waals surface area (Å²) >= 11 is 0. The molecule has 0 atom stereocenters. The summed E-state index contributed by atoms with van der Waals surface area (Å²) in [6, 6.07) is 3.60. The molecule has 1 aromatic carbocycles. The number of alkyl halides is 3. The zero-order valence-corrected chi connectivity index (χ0v) is 10.8. The quantitative estimate of drug-likeness (QED) is 0.721. The van der Waals surface area contributed by atoms with Gasteiger partial charge >= 0.3 is 6.18 Å². The van der Waals surface area contributed by atoms with Gasteiger partial charge in [0.1, 0.15) is 17.6 Å². The fraction of sp³-hybridized carbons (Fsp3) is 0.417. The predicted octanol–water partition coefficient (Wildman–Crippen LogP) is -0.353. The van der Waals surface area contributed by atoms with Gasteiger partial charge in [-0.25, -0.2) is 8.78 Å². The lowest BCUT2D eigenvalue weighted by Crippen LogP contribution is -2.89. The average Bonchev–Trinajstić information content (AvgIpc) is 2.42. The number of benzene rings is 1. The molecule has 1 fully saturated rings. The number of hydrogen-bond acceptors (Lipinski definition) is 3. The van der Waals surface area contributed by atoms with Crippen molar-refractivity contribution < 1.29 is 37.2 Å². The maximum Gasteiger partial charge on any atom is 0.430 e. The van der Waals surface area contributed by atoms with Gasteiger partial charge < -0.3 is 20.1 Å². The molecule has 0 amide bonds. The van der Waals surface area contributed by atoms with Crippen LogP contribution in [0.15, 0.2) is 18.2 Å². The van der Waals surface area contributed by atoms with E-state index in [1.54, 1.807) is 0 Å². The lowest BCUT2D eigenvalue weighted by atomic mass is 10.2. The van der Waals surface area contributed by atoms with Crippen LogP contribution in [-0.2, 0) is 4.79 Å². The minimum atomic E-state index is -5.19. The highest BCUT2D eigenvalue weighted by Gasteiger charge is 2.28. The number of rotatable bonds is 1. The van der Waals surface area contributed by atoms with E-state index in [9.17, 15) is 22.0 Å². The van der Waals surface area contributed by atoms with Crippen LogP contribution in [0.3, 0.4) is 0 Å². The number of hydrogen-bond donors (Lipinski definition) is 1. The van der Waals surface area contributed by atoms with Crippen LogP contribution in [0.25, 0.3) is 0 Å². The van der Waals surface area contributed by atoms with Crippen molar-refractivity contribution in [1.29, 1.82) is 0 Å². The van der Waals surface area contributed by atoms with Crippen molar-refractivity contribution in [2.75, 3.05) is 31.1 Å². The lowest BCUT2D eigenvalue weighted by molar-refractivity contribution is -0.655. The third-order valence-corrected chi connectivity index (χ3v) is 2.69. The highest BCUT2D eigenvalue weighted by Crippen LogP contribution is 2.20. The maximum atomic E-state index is 13.3. The number of nitrogens with two attached hydrogens (primary N) is 1. The van der Waals surface area contributed by atoms with Gasteiger partial charge in [0.05, 0.1) is 31.9 Å². The molecule has 2 rings (SSSR count). The van der Waals surface area contributed by atoms with E-state index >= 15 is 0 Å². The van der Waals surface area contributed by atoms with Gasteiger partial charge in [-0.15, -0.1) is 0 Å². The van der Waals surface area contributed by atoms with Crippen molar-refractivity contribution in [3.8, 4) is 0 Å². The van der Waals surface area contributed by atoms with Gasteiger partial charge in [-0.3, -0.25) is 0 Å². The normalized spacial score (nSPS) is 15.2. The van der Waals surface area contributed by atoms with E-state index in [4.69, 9.17) is 9.90 Å². The zero-order chi connectivity index (χ0) is 16.0. The number of anilines is 1. The molecule has 21 heavy (non-hydrogen) atoms. The summed E-state index contributed by atoms with van der Waals surface area (Å²) in [5.74, 6) is -3.73. The molecule has 0 aliphatic carbocycles. The SMILES string of the molecule is Fc1ccc(F)c(N2CC[NH2+]CC2)c1.O=C([O-])C(F)(F)F. The molecule has 9 heteroatoms. The molecule has 2 N–H and O–H groups in total. The van der Waals surface area contributed by atoms with E-state index in [1.807, 2.05) is 4.90 Å². The van der Waals surface area contributed by atoms with E-state index in [0.717, 1.165) is 32.2 Å². The number of carbonyl (C=O) groups excluding carboxylic acids is 1. The van der Waals surface area contributed by atoms with Gasteiger partial charge in [-0.2, -0.15) is 13.2 Å². The molecule has 0 unspecified atom stereocenters. The van der Waals surface area contributed by atoms with Crippen LogP contribution in [0.1, 0.15) is 0 Å². The Labute approximate surface area is 117 Å². The fourth-order valence-electron chi connectivity index (χ4n) is 1.72. The van der Waals surface area contributed by atoms with Crippen LogP contribution in [0.5, 0.6) is 0 Å². The van der Waals surface area contributed by atoms with Gasteiger partial charge in [0.25, 0.3) is 0 Å². The van der Waals surface area contributed by atoms with Crippen LogP contribution in [-0.4, -0.2) is 38.3 Å². The van der Waals surface area contributed by atoms with Crippen molar-refractivity contribution in [3.05, 3.63) is 29.8 Å². The Bertz CT molecular complexity index is 487. The van der Waals surface area contributed by atoms with Crippen molar-refractivity contribution >= 4 is 11.7 Å². The summed E-state index contributed by atoms with van der Waals surface area (Å²) in [4.78, 5) is 10.7. The number of quaternary nitrogens is 1. The Morgan fingerprint density at radius 3 is 2.19 bits per heavy atom. The van der Waals surface area contributed by atoms with Gasteiger partial charge in [0.15, 0.2) is 0 Å². The highest BCUT2D eigenvalue weighted by molar-refractivity contribution is 5.70. The maximum absolute atomic E-state index is 13.3. The summed E-state index contributed by atoms with van der Waals surface area (Å²) < 4.78 is 57.8. The molecule has 1 aliphatic heterocycles. The van der Waals surface area contributed by atoms with Crippen LogP contribution >= 0.6 is 0 Å². The first kappa shape index (κ1) is 17.2. The van der Waals surface area contributed by atoms with E-state index in [1.165, 1.54) is 12.1 Å². The van der Waals surface area contributed by atoms with E-state index in [-0.39, 0.29) is 11.6 Å². The molecule has 1 aliphatic rings. The van der Waals surface area contributed by atoms with E-state index in [0.29, 0.717) is 5.69 Å². The molecule has 4 nitrogen and oxygen atoms in total. The molecule has 0 bridgehead atoms. The molecule has 118 valence electrons. The first-order valence-electron chi connectivity index (χ1n) is 6.01. The zero-order valence-electron chi connectivity index (χ0n) is 10.8. The number of halogens is 5. The standard InChI is InChI=1S/C10H12F2N2.C2HF3O2/c11-8-1-2-9(12)10(7-8)14-5-3-13-4-6-14;3-2(4,5)1(6)7/h1-2,7,13H,3-6H2;(H,6,7). The molecular formula is C12H13F5N2O2. The Morgan fingerprint density at radius 2 is 1.71 bits per heavy atom. The average molecular weight is 312 g/mol. The number of nitrogens with zero attached hydrogens (tertiary/aromatic N) is 1. The number of carbonyl (C=O) groups is 1. The molecule has 0 aromatic heterocycles. The third kappa shape index (κ3) is 5.54. The Morgan fingerprint density at radius 1 is 1.19 bits per heavy atom. The fourth-order valence-corrected chi connectivity index (χ4v) is 1.72. The van der Waals surface area contributed by atoms with Crippen LogP contribution < -0.4 is 15.3 Å².